The largest absolute Gasteiger partial charge is 0.507 e. The van der Waals surface area contributed by atoms with Crippen molar-refractivity contribution in [3.8, 4) is 34.5 Å². The minimum absolute atomic E-state index is 0.0956. The Morgan fingerprint density at radius 2 is 0.844 bits per heavy atom. The third-order valence-corrected chi connectivity index (χ3v) is 5.32. The van der Waals surface area contributed by atoms with Gasteiger partial charge >= 0.3 is 0 Å². The van der Waals surface area contributed by atoms with E-state index in [0.29, 0.717) is 22.3 Å². The Balaban J connectivity index is 1.86. The summed E-state index contributed by atoms with van der Waals surface area (Å²) < 4.78 is 12.2. The first kappa shape index (κ1) is 19.4. The van der Waals surface area contributed by atoms with E-state index < -0.39 is 0 Å². The number of phenols is 2. The second-order valence-corrected chi connectivity index (χ2v) is 7.31. The van der Waals surface area contributed by atoms with E-state index >= 15 is 0 Å². The first-order valence-electron chi connectivity index (χ1n) is 9.99. The van der Waals surface area contributed by atoms with Gasteiger partial charge in [-0.05, 0) is 24.3 Å². The average molecular weight is 424 g/mol. The van der Waals surface area contributed by atoms with Gasteiger partial charge in [-0.3, -0.25) is 0 Å². The summed E-state index contributed by atoms with van der Waals surface area (Å²) in [6.45, 7) is 0. The van der Waals surface area contributed by atoms with Crippen LogP contribution in [-0.4, -0.2) is 10.2 Å². The van der Waals surface area contributed by atoms with Crippen LogP contribution in [0.1, 0.15) is 0 Å². The Morgan fingerprint density at radius 3 is 1.22 bits per heavy atom. The lowest BCUT2D eigenvalue weighted by molar-refractivity contribution is 0.422. The van der Waals surface area contributed by atoms with Crippen LogP contribution in [0.4, 0.5) is 11.4 Å². The lowest BCUT2D eigenvalue weighted by atomic mass is 9.97. The maximum absolute atomic E-state index is 11.1. The third kappa shape index (κ3) is 3.06. The molecule has 6 heteroatoms. The molecule has 5 rings (SSSR count). The van der Waals surface area contributed by atoms with E-state index in [1.807, 2.05) is 36.4 Å². The van der Waals surface area contributed by atoms with Crippen LogP contribution in [0.3, 0.4) is 0 Å². The van der Waals surface area contributed by atoms with Gasteiger partial charge in [-0.15, -0.1) is 0 Å². The lowest BCUT2D eigenvalue weighted by Gasteiger charge is -2.21. The standard InChI is InChI=1S/C26H20N2O4/c27-21-19-20(24(30)18-14-8-7-13-17(18)23(19)29)22(28)26(32-16-11-5-2-6-12-16)25(21)31-15-9-3-1-4-10-15/h1-14,29-30H,27-28H2. The van der Waals surface area contributed by atoms with Crippen LogP contribution in [0.25, 0.3) is 21.5 Å². The number of para-hydroxylation sites is 2. The van der Waals surface area contributed by atoms with E-state index in [1.165, 1.54) is 0 Å². The molecule has 5 aromatic carbocycles. The Morgan fingerprint density at radius 1 is 0.500 bits per heavy atom. The molecule has 0 atom stereocenters. The molecule has 0 heterocycles. The normalized spacial score (nSPS) is 11.0. The predicted octanol–water partition coefficient (Wildman–Crippen LogP) is 6.15. The molecule has 5 aromatic rings. The van der Waals surface area contributed by atoms with Gasteiger partial charge in [0.15, 0.2) is 11.5 Å². The van der Waals surface area contributed by atoms with E-state index in [4.69, 9.17) is 20.9 Å². The molecule has 0 saturated carbocycles. The number of ether oxygens (including phenoxy) is 2. The molecule has 0 bridgehead atoms. The van der Waals surface area contributed by atoms with E-state index in [9.17, 15) is 10.2 Å². The maximum Gasteiger partial charge on any atom is 0.195 e. The van der Waals surface area contributed by atoms with Gasteiger partial charge in [0.2, 0.25) is 0 Å². The van der Waals surface area contributed by atoms with Crippen molar-refractivity contribution in [1.29, 1.82) is 0 Å². The van der Waals surface area contributed by atoms with Crippen LogP contribution in [0.15, 0.2) is 84.9 Å². The zero-order chi connectivity index (χ0) is 22.2. The maximum atomic E-state index is 11.1. The molecule has 0 aliphatic rings. The number of anilines is 2. The van der Waals surface area contributed by atoms with Crippen molar-refractivity contribution in [2.45, 2.75) is 0 Å². The predicted molar refractivity (Wildman–Crippen MR) is 127 cm³/mol. The van der Waals surface area contributed by atoms with Crippen LogP contribution in [-0.2, 0) is 0 Å². The van der Waals surface area contributed by atoms with Crippen LogP contribution < -0.4 is 20.9 Å². The molecule has 158 valence electrons. The molecule has 0 aromatic heterocycles. The van der Waals surface area contributed by atoms with Gasteiger partial charge in [-0.25, -0.2) is 0 Å². The highest BCUT2D eigenvalue weighted by atomic mass is 16.5. The van der Waals surface area contributed by atoms with Gasteiger partial charge < -0.3 is 31.2 Å². The Labute approximate surface area is 183 Å². The fourth-order valence-electron chi connectivity index (χ4n) is 3.81. The number of nitrogen functional groups attached to an aromatic ring is 2. The quantitative estimate of drug-likeness (QED) is 0.156. The number of nitrogens with two attached hydrogens (primary N) is 2. The number of hydrogen-bond acceptors (Lipinski definition) is 6. The minimum Gasteiger partial charge on any atom is -0.507 e. The zero-order valence-corrected chi connectivity index (χ0v) is 16.9. The van der Waals surface area contributed by atoms with E-state index in [0.717, 1.165) is 0 Å². The Bertz CT molecular complexity index is 1340. The lowest BCUT2D eigenvalue weighted by Crippen LogP contribution is -2.02. The highest BCUT2D eigenvalue weighted by Crippen LogP contribution is 2.55. The molecule has 0 saturated heterocycles. The summed E-state index contributed by atoms with van der Waals surface area (Å²) in [6, 6.07) is 25.0. The molecule has 0 amide bonds. The number of hydrogen-bond donors (Lipinski definition) is 4. The van der Waals surface area contributed by atoms with E-state index in [1.54, 1.807) is 48.5 Å². The van der Waals surface area contributed by atoms with Crippen molar-refractivity contribution in [2.75, 3.05) is 11.5 Å². The summed E-state index contributed by atoms with van der Waals surface area (Å²) in [5.41, 5.74) is 13.2. The molecule has 0 unspecified atom stereocenters. The topological polar surface area (TPSA) is 111 Å². The first-order chi connectivity index (χ1) is 15.6. The molecule has 0 aliphatic heterocycles. The van der Waals surface area contributed by atoms with Crippen LogP contribution >= 0.6 is 0 Å². The Kier molecular flexibility index (Phi) is 4.60. The monoisotopic (exact) mass is 424 g/mol. The molecule has 32 heavy (non-hydrogen) atoms. The average Bonchev–Trinajstić information content (AvgIpc) is 2.83. The van der Waals surface area contributed by atoms with Crippen molar-refractivity contribution >= 4 is 32.9 Å². The first-order valence-corrected chi connectivity index (χ1v) is 9.99. The summed E-state index contributed by atoms with van der Waals surface area (Å²) in [5.74, 6) is 1.13. The van der Waals surface area contributed by atoms with Crippen molar-refractivity contribution < 1.29 is 19.7 Å². The third-order valence-electron chi connectivity index (χ3n) is 5.32. The molecule has 6 N–H and O–H groups in total. The highest BCUT2D eigenvalue weighted by molar-refractivity contribution is 6.20. The fourth-order valence-corrected chi connectivity index (χ4v) is 3.81. The molecular weight excluding hydrogens is 404 g/mol. The van der Waals surface area contributed by atoms with Gasteiger partial charge in [0.25, 0.3) is 0 Å². The summed E-state index contributed by atoms with van der Waals surface area (Å²) in [4.78, 5) is 0. The van der Waals surface area contributed by atoms with Gasteiger partial charge in [0.1, 0.15) is 23.0 Å². The second-order valence-electron chi connectivity index (χ2n) is 7.31. The highest BCUT2D eigenvalue weighted by Gasteiger charge is 2.26. The van der Waals surface area contributed by atoms with Gasteiger partial charge in [0, 0.05) is 10.8 Å². The van der Waals surface area contributed by atoms with Gasteiger partial charge in [-0.2, -0.15) is 0 Å². The number of fused-ring (bicyclic) bond motifs is 2. The zero-order valence-electron chi connectivity index (χ0n) is 16.9. The number of rotatable bonds is 4. The van der Waals surface area contributed by atoms with Crippen molar-refractivity contribution in [3.63, 3.8) is 0 Å². The summed E-state index contributed by atoms with van der Waals surface area (Å²) in [7, 11) is 0. The Hall–Kier alpha value is -4.58. The van der Waals surface area contributed by atoms with Crippen LogP contribution in [0.2, 0.25) is 0 Å². The molecule has 0 fully saturated rings. The summed E-state index contributed by atoms with van der Waals surface area (Å²) >= 11 is 0. The molecule has 0 spiro atoms. The molecule has 0 aliphatic carbocycles. The number of phenolic OH excluding ortho intramolecular Hbond substituents is 2. The van der Waals surface area contributed by atoms with Crippen LogP contribution in [0, 0.1) is 0 Å². The van der Waals surface area contributed by atoms with Crippen molar-refractivity contribution in [3.05, 3.63) is 84.9 Å². The molecule has 6 nitrogen and oxygen atoms in total. The minimum atomic E-state index is -0.0956. The molecule has 0 radical (unpaired) electrons. The summed E-state index contributed by atoms with van der Waals surface area (Å²) in [6.07, 6.45) is 0. The number of benzene rings is 5. The van der Waals surface area contributed by atoms with Crippen molar-refractivity contribution in [1.82, 2.24) is 0 Å². The smallest absolute Gasteiger partial charge is 0.195 e. The van der Waals surface area contributed by atoms with Gasteiger partial charge in [0.05, 0.1) is 22.1 Å². The summed E-state index contributed by atoms with van der Waals surface area (Å²) in [5, 5.41) is 23.4. The second kappa shape index (κ2) is 7.59. The molecular formula is C26H20N2O4. The van der Waals surface area contributed by atoms with E-state index in [2.05, 4.69) is 0 Å². The van der Waals surface area contributed by atoms with E-state index in [-0.39, 0.29) is 45.1 Å². The number of aromatic hydroxyl groups is 2. The van der Waals surface area contributed by atoms with Crippen LogP contribution in [0.5, 0.6) is 34.5 Å². The SMILES string of the molecule is Nc1c(Oc2ccccc2)c(Oc2ccccc2)c(N)c2c(O)c3ccccc3c(O)c12. The van der Waals surface area contributed by atoms with Gasteiger partial charge in [-0.1, -0.05) is 60.7 Å². The van der Waals surface area contributed by atoms with Crippen molar-refractivity contribution in [2.24, 2.45) is 0 Å². The fraction of sp³-hybridized carbons (Fsp3) is 0.